The summed E-state index contributed by atoms with van der Waals surface area (Å²) in [5.74, 6) is 0.00213. The van der Waals surface area contributed by atoms with Gasteiger partial charge in [-0.3, -0.25) is 9.59 Å². The number of aromatic nitrogens is 2. The lowest BCUT2D eigenvalue weighted by Crippen LogP contribution is -2.17. The van der Waals surface area contributed by atoms with Crippen LogP contribution in [0.15, 0.2) is 9.95 Å². The first kappa shape index (κ1) is 16.2. The second-order valence-corrected chi connectivity index (χ2v) is 5.49. The van der Waals surface area contributed by atoms with Gasteiger partial charge in [-0.2, -0.15) is 5.26 Å². The molecule has 0 fully saturated rings. The Kier molecular flexibility index (Phi) is 6.25. The van der Waals surface area contributed by atoms with Gasteiger partial charge in [-0.05, 0) is 12.3 Å². The van der Waals surface area contributed by atoms with Gasteiger partial charge >= 0.3 is 5.97 Å². The van der Waals surface area contributed by atoms with Gasteiger partial charge in [0, 0.05) is 0 Å². The van der Waals surface area contributed by atoms with Crippen molar-refractivity contribution in [2.45, 2.75) is 32.3 Å². The molecule has 7 heteroatoms. The van der Waals surface area contributed by atoms with Crippen LogP contribution >= 0.6 is 11.8 Å². The van der Waals surface area contributed by atoms with E-state index in [1.54, 1.807) is 0 Å². The lowest BCUT2D eigenvalue weighted by molar-refractivity contribution is -0.141. The van der Waals surface area contributed by atoms with Gasteiger partial charge in [0.25, 0.3) is 5.56 Å². The number of nitrogens with one attached hydrogen (secondary N) is 1. The van der Waals surface area contributed by atoms with Crippen molar-refractivity contribution in [2.75, 3.05) is 12.4 Å². The molecule has 0 amide bonds. The summed E-state index contributed by atoms with van der Waals surface area (Å²) in [4.78, 5) is 29.8. The van der Waals surface area contributed by atoms with Crippen LogP contribution in [0.25, 0.3) is 0 Å². The summed E-state index contributed by atoms with van der Waals surface area (Å²) >= 11 is 1.09. The molecule has 108 valence electrons. The second-order valence-electron chi connectivity index (χ2n) is 4.52. The summed E-state index contributed by atoms with van der Waals surface area (Å²) < 4.78 is 5.02. The number of carbonyl (C=O) groups is 1. The lowest BCUT2D eigenvalue weighted by atomic mass is 10.2. The number of aryl methyl sites for hydroxylation is 1. The highest BCUT2D eigenvalue weighted by Gasteiger charge is 2.12. The molecule has 1 N–H and O–H groups in total. The molecule has 0 aliphatic carbocycles. The summed E-state index contributed by atoms with van der Waals surface area (Å²) in [6.07, 6.45) is 0.484. The van der Waals surface area contributed by atoms with Gasteiger partial charge in [-0.15, -0.1) is 0 Å². The summed E-state index contributed by atoms with van der Waals surface area (Å²) in [5, 5.41) is 9.20. The maximum Gasteiger partial charge on any atom is 0.316 e. The van der Waals surface area contributed by atoms with Crippen LogP contribution in [0.4, 0.5) is 0 Å². The van der Waals surface area contributed by atoms with Crippen molar-refractivity contribution in [3.63, 3.8) is 0 Å². The number of carbonyl (C=O) groups excluding carboxylic acids is 1. The van der Waals surface area contributed by atoms with Crippen LogP contribution in [0.2, 0.25) is 0 Å². The summed E-state index contributed by atoms with van der Waals surface area (Å²) in [5.41, 5.74) is -0.00840. The third kappa shape index (κ3) is 4.70. The zero-order valence-electron chi connectivity index (χ0n) is 11.7. The molecule has 0 bridgehead atoms. The zero-order chi connectivity index (χ0) is 15.1. The Bertz CT molecular complexity index is 575. The van der Waals surface area contributed by atoms with E-state index in [0.29, 0.717) is 23.9 Å². The molecule has 0 unspecified atom stereocenters. The van der Waals surface area contributed by atoms with Crippen LogP contribution in [-0.2, 0) is 16.0 Å². The molecule has 0 radical (unpaired) electrons. The normalized spacial score (nSPS) is 10.3. The molecule has 1 aromatic heterocycles. The van der Waals surface area contributed by atoms with Gasteiger partial charge in [0.1, 0.15) is 11.6 Å². The van der Waals surface area contributed by atoms with Gasteiger partial charge in [0.2, 0.25) is 0 Å². The highest BCUT2D eigenvalue weighted by atomic mass is 32.2. The Morgan fingerprint density at radius 3 is 2.80 bits per heavy atom. The summed E-state index contributed by atoms with van der Waals surface area (Å²) in [7, 11) is 0. The maximum atomic E-state index is 11.7. The standard InChI is InChI=1S/C13H17N3O3S/c1-4-10-9(5-14)12(18)16-13(15-10)20-7-11(17)19-6-8(2)3/h8H,4,6-7H2,1-3H3,(H,15,16,18). The number of aromatic amines is 1. The van der Waals surface area contributed by atoms with Gasteiger partial charge in [-0.1, -0.05) is 32.5 Å². The molecule has 1 heterocycles. The Morgan fingerprint density at radius 2 is 2.25 bits per heavy atom. The second kappa shape index (κ2) is 7.70. The van der Waals surface area contributed by atoms with Crippen LogP contribution in [0.3, 0.4) is 0 Å². The molecule has 20 heavy (non-hydrogen) atoms. The first-order valence-electron chi connectivity index (χ1n) is 6.29. The average molecular weight is 295 g/mol. The molecule has 0 spiro atoms. The maximum absolute atomic E-state index is 11.7. The monoisotopic (exact) mass is 295 g/mol. The van der Waals surface area contributed by atoms with Gasteiger partial charge in [-0.25, -0.2) is 4.98 Å². The van der Waals surface area contributed by atoms with E-state index < -0.39 is 5.56 Å². The number of rotatable bonds is 6. The smallest absolute Gasteiger partial charge is 0.316 e. The Hall–Kier alpha value is -1.81. The average Bonchev–Trinajstić information content (AvgIpc) is 2.42. The van der Waals surface area contributed by atoms with Crippen molar-refractivity contribution in [3.05, 3.63) is 21.6 Å². The third-order valence-corrected chi connectivity index (χ3v) is 3.17. The van der Waals surface area contributed by atoms with Crippen LogP contribution in [0.5, 0.6) is 0 Å². The fraction of sp³-hybridized carbons (Fsp3) is 0.538. The van der Waals surface area contributed by atoms with Gasteiger partial charge in [0.05, 0.1) is 18.1 Å². The Balaban J connectivity index is 2.70. The number of esters is 1. The number of ether oxygens (including phenoxy) is 1. The molecule has 1 aromatic rings. The topological polar surface area (TPSA) is 95.8 Å². The molecule has 0 atom stereocenters. The van der Waals surface area contributed by atoms with E-state index in [0.717, 1.165) is 11.8 Å². The SMILES string of the molecule is CCc1nc(SCC(=O)OCC(C)C)[nH]c(=O)c1C#N. The number of hydrogen-bond donors (Lipinski definition) is 1. The predicted molar refractivity (Wildman–Crippen MR) is 75.5 cm³/mol. The first-order chi connectivity index (χ1) is 9.47. The molecular weight excluding hydrogens is 278 g/mol. The van der Waals surface area contributed by atoms with E-state index in [2.05, 4.69) is 9.97 Å². The van der Waals surface area contributed by atoms with E-state index in [-0.39, 0.29) is 23.2 Å². The van der Waals surface area contributed by atoms with Crippen LogP contribution in [0.1, 0.15) is 32.0 Å². The highest BCUT2D eigenvalue weighted by Crippen LogP contribution is 2.13. The molecule has 0 saturated heterocycles. The fourth-order valence-corrected chi connectivity index (χ4v) is 2.04. The van der Waals surface area contributed by atoms with Crippen molar-refractivity contribution in [3.8, 4) is 6.07 Å². The van der Waals surface area contributed by atoms with Gasteiger partial charge in [0.15, 0.2) is 5.16 Å². The van der Waals surface area contributed by atoms with Crippen LogP contribution in [0, 0.1) is 17.2 Å². The van der Waals surface area contributed by atoms with E-state index >= 15 is 0 Å². The zero-order valence-corrected chi connectivity index (χ0v) is 12.5. The molecule has 1 rings (SSSR count). The van der Waals surface area contributed by atoms with Crippen molar-refractivity contribution in [1.82, 2.24) is 9.97 Å². The minimum Gasteiger partial charge on any atom is -0.465 e. The van der Waals surface area contributed by atoms with Crippen molar-refractivity contribution in [1.29, 1.82) is 5.26 Å². The molecule has 0 saturated carbocycles. The fourth-order valence-electron chi connectivity index (χ4n) is 1.37. The minimum absolute atomic E-state index is 0.0271. The van der Waals surface area contributed by atoms with Crippen molar-refractivity contribution < 1.29 is 9.53 Å². The molecule has 0 aliphatic rings. The largest absolute Gasteiger partial charge is 0.465 e. The highest BCUT2D eigenvalue weighted by molar-refractivity contribution is 7.99. The number of H-pyrrole nitrogens is 1. The van der Waals surface area contributed by atoms with Gasteiger partial charge < -0.3 is 9.72 Å². The Labute approximate surface area is 121 Å². The Morgan fingerprint density at radius 1 is 1.55 bits per heavy atom. The van der Waals surface area contributed by atoms with Crippen LogP contribution in [-0.4, -0.2) is 28.3 Å². The van der Waals surface area contributed by atoms with Crippen LogP contribution < -0.4 is 5.56 Å². The van der Waals surface area contributed by atoms with E-state index in [1.165, 1.54) is 0 Å². The van der Waals surface area contributed by atoms with Crippen molar-refractivity contribution in [2.24, 2.45) is 5.92 Å². The quantitative estimate of drug-likeness (QED) is 0.485. The summed E-state index contributed by atoms with van der Waals surface area (Å²) in [6, 6.07) is 1.83. The third-order valence-electron chi connectivity index (χ3n) is 2.32. The molecule has 0 aromatic carbocycles. The molecule has 6 nitrogen and oxygen atoms in total. The molecular formula is C13H17N3O3S. The number of nitrogens with zero attached hydrogens (tertiary/aromatic N) is 2. The molecule has 0 aliphatic heterocycles. The predicted octanol–water partition coefficient (Wildman–Crippen LogP) is 1.50. The van der Waals surface area contributed by atoms with E-state index in [9.17, 15) is 9.59 Å². The number of nitriles is 1. The summed E-state index contributed by atoms with van der Waals surface area (Å²) in [6.45, 7) is 6.09. The number of thioether (sulfide) groups is 1. The first-order valence-corrected chi connectivity index (χ1v) is 7.28. The van der Waals surface area contributed by atoms with E-state index in [1.807, 2.05) is 26.8 Å². The van der Waals surface area contributed by atoms with Crippen molar-refractivity contribution >= 4 is 17.7 Å². The number of hydrogen-bond acceptors (Lipinski definition) is 6. The minimum atomic E-state index is -0.475. The lowest BCUT2D eigenvalue weighted by Gasteiger charge is -2.07. The van der Waals surface area contributed by atoms with E-state index in [4.69, 9.17) is 10.00 Å².